The number of hydrogen-bond acceptors (Lipinski definition) is 7. The zero-order valence-corrected chi connectivity index (χ0v) is 24.2. The van der Waals surface area contributed by atoms with Gasteiger partial charge in [0.25, 0.3) is 0 Å². The number of benzene rings is 1. The minimum absolute atomic E-state index is 0.509. The number of rotatable bonds is 8. The van der Waals surface area contributed by atoms with Crippen LogP contribution < -0.4 is 9.47 Å². The lowest BCUT2D eigenvalue weighted by atomic mass is 9.91. The monoisotopic (exact) mass is 533 g/mol. The predicted octanol–water partition coefficient (Wildman–Crippen LogP) is 4.50. The molecule has 6 rings (SSSR count). The van der Waals surface area contributed by atoms with Crippen LogP contribution in [0.5, 0.6) is 11.5 Å². The first-order valence-electron chi connectivity index (χ1n) is 14.5. The van der Waals surface area contributed by atoms with Crippen LogP contribution in [0, 0.1) is 18.8 Å². The van der Waals surface area contributed by atoms with Crippen LogP contribution in [-0.2, 0) is 11.8 Å². The first-order valence-corrected chi connectivity index (χ1v) is 14.5. The van der Waals surface area contributed by atoms with Gasteiger partial charge < -0.3 is 28.6 Å². The summed E-state index contributed by atoms with van der Waals surface area (Å²) >= 11 is 0. The first kappa shape index (κ1) is 26.5. The summed E-state index contributed by atoms with van der Waals surface area (Å²) in [6.07, 6.45) is 5.11. The van der Waals surface area contributed by atoms with E-state index >= 15 is 0 Å². The molecule has 0 N–H and O–H groups in total. The maximum absolute atomic E-state index is 5.53. The fourth-order valence-corrected chi connectivity index (χ4v) is 7.40. The Balaban J connectivity index is 1.13. The maximum atomic E-state index is 5.53. The molecule has 2 aromatic heterocycles. The highest BCUT2D eigenvalue weighted by molar-refractivity contribution is 5.81. The van der Waals surface area contributed by atoms with Crippen molar-refractivity contribution in [1.29, 1.82) is 0 Å². The van der Waals surface area contributed by atoms with Crippen LogP contribution in [0.1, 0.15) is 42.9 Å². The van der Waals surface area contributed by atoms with Gasteiger partial charge in [-0.1, -0.05) is 0 Å². The van der Waals surface area contributed by atoms with Crippen LogP contribution in [-0.4, -0.2) is 91.0 Å². The van der Waals surface area contributed by atoms with Gasteiger partial charge in [0.15, 0.2) is 17.1 Å². The summed E-state index contributed by atoms with van der Waals surface area (Å²) in [5.74, 6) is 4.57. The van der Waals surface area contributed by atoms with Crippen molar-refractivity contribution in [2.24, 2.45) is 18.9 Å². The SMILES string of the molecule is COCCN1C[C@H]2C[C@H](N3CCC(c4cc(C)c5nc(-c6ccc(OC)c(OC)c6)n(C)c5n4)CC3)C[C@H]2C1. The molecule has 2 aliphatic heterocycles. The summed E-state index contributed by atoms with van der Waals surface area (Å²) in [6, 6.07) is 9.00. The standard InChI is InChI=1S/C31H43N5O3/c1-20-14-26(32-31-29(20)33-30(34(31)2)22-6-7-27(38-4)28(17-22)39-5)21-8-10-36(11-9-21)25-15-23-18-35(12-13-37-3)19-24(23)16-25/h6-7,14,17,21,23-25H,8-13,15-16,18-19H2,1-5H3/t23-,24+,25+. The number of piperidine rings is 1. The molecule has 39 heavy (non-hydrogen) atoms. The summed E-state index contributed by atoms with van der Waals surface area (Å²) in [5, 5.41) is 0. The van der Waals surface area contributed by atoms with E-state index < -0.39 is 0 Å². The molecule has 0 radical (unpaired) electrons. The molecule has 0 amide bonds. The largest absolute Gasteiger partial charge is 0.493 e. The van der Waals surface area contributed by atoms with Crippen LogP contribution in [0.15, 0.2) is 24.3 Å². The van der Waals surface area contributed by atoms with Crippen molar-refractivity contribution in [2.45, 2.75) is 44.6 Å². The lowest BCUT2D eigenvalue weighted by Gasteiger charge is -2.36. The van der Waals surface area contributed by atoms with Gasteiger partial charge in [0.2, 0.25) is 0 Å². The average molecular weight is 534 g/mol. The number of imidazole rings is 1. The number of likely N-dealkylation sites (tertiary alicyclic amines) is 2. The third-order valence-electron chi connectivity index (χ3n) is 9.56. The van der Waals surface area contributed by atoms with Crippen LogP contribution >= 0.6 is 0 Å². The van der Waals surface area contributed by atoms with Crippen molar-refractivity contribution in [1.82, 2.24) is 24.3 Å². The molecule has 0 spiro atoms. The zero-order valence-electron chi connectivity index (χ0n) is 24.2. The molecular formula is C31H43N5O3. The Morgan fingerprint density at radius 3 is 2.31 bits per heavy atom. The van der Waals surface area contributed by atoms with Crippen LogP contribution in [0.3, 0.4) is 0 Å². The Bertz CT molecular complexity index is 1300. The molecule has 3 atom stereocenters. The normalized spacial score (nSPS) is 24.5. The van der Waals surface area contributed by atoms with Gasteiger partial charge in [-0.3, -0.25) is 0 Å². The van der Waals surface area contributed by atoms with Gasteiger partial charge in [0.1, 0.15) is 11.3 Å². The fraction of sp³-hybridized carbons (Fsp3) is 0.613. The number of ether oxygens (including phenoxy) is 3. The number of aromatic nitrogens is 3. The smallest absolute Gasteiger partial charge is 0.161 e. The van der Waals surface area contributed by atoms with Crippen molar-refractivity contribution < 1.29 is 14.2 Å². The number of fused-ring (bicyclic) bond motifs is 2. The quantitative estimate of drug-likeness (QED) is 0.423. The van der Waals surface area contributed by atoms with Gasteiger partial charge >= 0.3 is 0 Å². The molecule has 8 heteroatoms. The molecule has 1 aliphatic carbocycles. The van der Waals surface area contributed by atoms with E-state index in [1.165, 1.54) is 63.1 Å². The highest BCUT2D eigenvalue weighted by atomic mass is 16.5. The molecule has 210 valence electrons. The molecule has 3 aromatic rings. The molecule has 4 heterocycles. The molecule has 0 unspecified atom stereocenters. The van der Waals surface area contributed by atoms with Crippen molar-refractivity contribution in [3.8, 4) is 22.9 Å². The number of aryl methyl sites for hydroxylation is 2. The van der Waals surface area contributed by atoms with Crippen molar-refractivity contribution in [3.63, 3.8) is 0 Å². The number of nitrogens with zero attached hydrogens (tertiary/aromatic N) is 5. The molecule has 1 saturated carbocycles. The Morgan fingerprint density at radius 2 is 1.64 bits per heavy atom. The Labute approximate surface area is 232 Å². The first-order chi connectivity index (χ1) is 19.0. The molecular weight excluding hydrogens is 490 g/mol. The summed E-state index contributed by atoms with van der Waals surface area (Å²) in [5.41, 5.74) is 5.34. The van der Waals surface area contributed by atoms with E-state index in [0.717, 1.165) is 53.6 Å². The Hall–Kier alpha value is -2.68. The summed E-state index contributed by atoms with van der Waals surface area (Å²) in [4.78, 5) is 15.6. The van der Waals surface area contributed by atoms with Crippen molar-refractivity contribution in [2.75, 3.05) is 60.7 Å². The third-order valence-corrected chi connectivity index (χ3v) is 9.56. The van der Waals surface area contributed by atoms with Crippen LogP contribution in [0.25, 0.3) is 22.6 Å². The Morgan fingerprint density at radius 1 is 0.923 bits per heavy atom. The minimum atomic E-state index is 0.509. The van der Waals surface area contributed by atoms with E-state index in [1.807, 2.05) is 18.2 Å². The predicted molar refractivity (Wildman–Crippen MR) is 154 cm³/mol. The second-order valence-corrected chi connectivity index (χ2v) is 11.8. The van der Waals surface area contributed by atoms with Gasteiger partial charge in [-0.25, -0.2) is 9.97 Å². The second-order valence-electron chi connectivity index (χ2n) is 11.8. The Kier molecular flexibility index (Phi) is 7.53. The second kappa shape index (κ2) is 11.1. The van der Waals surface area contributed by atoms with E-state index in [2.05, 4.69) is 34.4 Å². The van der Waals surface area contributed by atoms with E-state index in [4.69, 9.17) is 24.2 Å². The molecule has 1 aromatic carbocycles. The number of pyridine rings is 1. The van der Waals surface area contributed by atoms with Gasteiger partial charge in [-0.05, 0) is 87.4 Å². The van der Waals surface area contributed by atoms with Crippen molar-refractivity contribution in [3.05, 3.63) is 35.5 Å². The zero-order chi connectivity index (χ0) is 27.1. The molecule has 3 aliphatic rings. The fourth-order valence-electron chi connectivity index (χ4n) is 7.40. The third kappa shape index (κ3) is 5.03. The van der Waals surface area contributed by atoms with E-state index in [-0.39, 0.29) is 0 Å². The van der Waals surface area contributed by atoms with Gasteiger partial charge in [-0.15, -0.1) is 0 Å². The minimum Gasteiger partial charge on any atom is -0.493 e. The summed E-state index contributed by atoms with van der Waals surface area (Å²) < 4.78 is 18.4. The highest BCUT2D eigenvalue weighted by Crippen LogP contribution is 2.42. The van der Waals surface area contributed by atoms with E-state index in [0.29, 0.717) is 17.4 Å². The highest BCUT2D eigenvalue weighted by Gasteiger charge is 2.43. The maximum Gasteiger partial charge on any atom is 0.161 e. The topological polar surface area (TPSA) is 64.9 Å². The average Bonchev–Trinajstić information content (AvgIpc) is 3.63. The van der Waals surface area contributed by atoms with E-state index in [1.54, 1.807) is 21.3 Å². The molecule has 8 nitrogen and oxygen atoms in total. The number of hydrogen-bond donors (Lipinski definition) is 0. The summed E-state index contributed by atoms with van der Waals surface area (Å²) in [6.45, 7) is 9.00. The lowest BCUT2D eigenvalue weighted by molar-refractivity contribution is 0.132. The van der Waals surface area contributed by atoms with E-state index in [9.17, 15) is 0 Å². The lowest BCUT2D eigenvalue weighted by Crippen LogP contribution is -2.41. The van der Waals surface area contributed by atoms with Crippen LogP contribution in [0.4, 0.5) is 0 Å². The van der Waals surface area contributed by atoms with Gasteiger partial charge in [0.05, 0.1) is 20.8 Å². The molecule has 3 fully saturated rings. The van der Waals surface area contributed by atoms with Gasteiger partial charge in [0, 0.05) is 57.0 Å². The molecule has 2 saturated heterocycles. The summed E-state index contributed by atoms with van der Waals surface area (Å²) in [7, 11) is 7.19. The van der Waals surface area contributed by atoms with Gasteiger partial charge in [-0.2, -0.15) is 0 Å². The number of methoxy groups -OCH3 is 3. The van der Waals surface area contributed by atoms with Crippen LogP contribution in [0.2, 0.25) is 0 Å². The van der Waals surface area contributed by atoms with Crippen molar-refractivity contribution >= 4 is 11.2 Å². The molecule has 0 bridgehead atoms.